The molecule has 0 radical (unpaired) electrons. The topological polar surface area (TPSA) is 72.7 Å². The van der Waals surface area contributed by atoms with Crippen LogP contribution < -0.4 is 5.32 Å². The van der Waals surface area contributed by atoms with Gasteiger partial charge in [-0.15, -0.1) is 0 Å². The zero-order valence-corrected chi connectivity index (χ0v) is 9.81. The summed E-state index contributed by atoms with van der Waals surface area (Å²) in [4.78, 5) is 0. The molecule has 0 saturated carbocycles. The molecule has 4 N–H and O–H groups in total. The van der Waals surface area contributed by atoms with Gasteiger partial charge < -0.3 is 20.6 Å². The van der Waals surface area contributed by atoms with Crippen LogP contribution >= 0.6 is 0 Å². The van der Waals surface area contributed by atoms with E-state index in [4.69, 9.17) is 5.11 Å². The van der Waals surface area contributed by atoms with Gasteiger partial charge in [0, 0.05) is 12.1 Å². The third kappa shape index (κ3) is 3.12. The van der Waals surface area contributed by atoms with Gasteiger partial charge in [-0.1, -0.05) is 19.9 Å². The van der Waals surface area contributed by atoms with Crippen molar-refractivity contribution in [3.05, 3.63) is 23.8 Å². The second-order valence-corrected chi connectivity index (χ2v) is 4.30. The quantitative estimate of drug-likeness (QED) is 0.586. The van der Waals surface area contributed by atoms with Crippen molar-refractivity contribution in [2.45, 2.75) is 39.0 Å². The van der Waals surface area contributed by atoms with Crippen molar-refractivity contribution in [3.8, 4) is 11.5 Å². The zero-order chi connectivity index (χ0) is 12.3. The number of phenols is 2. The van der Waals surface area contributed by atoms with Crippen LogP contribution in [0, 0.1) is 0 Å². The van der Waals surface area contributed by atoms with Gasteiger partial charge in [0.05, 0.1) is 6.10 Å². The van der Waals surface area contributed by atoms with Gasteiger partial charge in [-0.25, -0.2) is 0 Å². The lowest BCUT2D eigenvalue weighted by Crippen LogP contribution is -2.36. The average molecular weight is 225 g/mol. The van der Waals surface area contributed by atoms with Crippen molar-refractivity contribution in [2.24, 2.45) is 0 Å². The lowest BCUT2D eigenvalue weighted by Gasteiger charge is -2.23. The molecule has 0 unspecified atom stereocenters. The first-order valence-corrected chi connectivity index (χ1v) is 5.37. The number of rotatable bonds is 4. The Morgan fingerprint density at radius 3 is 2.19 bits per heavy atom. The molecule has 2 atom stereocenters. The maximum atomic E-state index is 10.00. The van der Waals surface area contributed by atoms with Gasteiger partial charge in [0.1, 0.15) is 0 Å². The van der Waals surface area contributed by atoms with E-state index in [9.17, 15) is 10.2 Å². The van der Waals surface area contributed by atoms with E-state index in [1.54, 1.807) is 6.07 Å². The predicted octanol–water partition coefficient (Wildman–Crippen LogP) is 1.52. The van der Waals surface area contributed by atoms with E-state index in [1.165, 1.54) is 12.1 Å². The fraction of sp³-hybridized carbons (Fsp3) is 0.500. The summed E-state index contributed by atoms with van der Waals surface area (Å²) in [6, 6.07) is 4.49. The third-order valence-corrected chi connectivity index (χ3v) is 2.41. The number of hydrogen-bond donors (Lipinski definition) is 4. The monoisotopic (exact) mass is 225 g/mol. The summed E-state index contributed by atoms with van der Waals surface area (Å²) in [5.74, 6) is -0.395. The summed E-state index contributed by atoms with van der Waals surface area (Å²) in [6.45, 7) is 5.86. The Morgan fingerprint density at radius 2 is 1.69 bits per heavy atom. The Bertz CT molecular complexity index is 352. The lowest BCUT2D eigenvalue weighted by atomic mass is 10.0. The largest absolute Gasteiger partial charge is 0.504 e. The van der Waals surface area contributed by atoms with Gasteiger partial charge in [0.2, 0.25) is 0 Å². The van der Waals surface area contributed by atoms with Crippen molar-refractivity contribution in [1.29, 1.82) is 0 Å². The zero-order valence-electron chi connectivity index (χ0n) is 9.81. The van der Waals surface area contributed by atoms with Crippen LogP contribution in [-0.2, 0) is 0 Å². The van der Waals surface area contributed by atoms with E-state index < -0.39 is 6.10 Å². The average Bonchev–Trinajstić information content (AvgIpc) is 2.20. The number of hydrogen-bond acceptors (Lipinski definition) is 4. The Morgan fingerprint density at radius 1 is 1.06 bits per heavy atom. The molecule has 0 fully saturated rings. The van der Waals surface area contributed by atoms with Gasteiger partial charge in [-0.05, 0) is 24.6 Å². The van der Waals surface area contributed by atoms with Crippen LogP contribution in [0.5, 0.6) is 11.5 Å². The van der Waals surface area contributed by atoms with Crippen molar-refractivity contribution >= 4 is 0 Å². The Labute approximate surface area is 95.6 Å². The molecule has 4 heteroatoms. The van der Waals surface area contributed by atoms with E-state index >= 15 is 0 Å². The van der Waals surface area contributed by atoms with Crippen LogP contribution in [0.25, 0.3) is 0 Å². The maximum absolute atomic E-state index is 10.00. The molecule has 0 saturated heterocycles. The molecule has 0 aliphatic heterocycles. The minimum absolute atomic E-state index is 0.121. The summed E-state index contributed by atoms with van der Waals surface area (Å²) in [5.41, 5.74) is 0.580. The van der Waals surface area contributed by atoms with E-state index in [0.717, 1.165) is 0 Å². The fourth-order valence-corrected chi connectivity index (χ4v) is 1.63. The maximum Gasteiger partial charge on any atom is 0.157 e. The van der Waals surface area contributed by atoms with Crippen molar-refractivity contribution in [1.82, 2.24) is 5.32 Å². The van der Waals surface area contributed by atoms with Crippen LogP contribution in [0.2, 0.25) is 0 Å². The van der Waals surface area contributed by atoms with E-state index in [0.29, 0.717) is 5.56 Å². The highest BCUT2D eigenvalue weighted by atomic mass is 16.3. The molecular weight excluding hydrogens is 206 g/mol. The molecule has 1 aromatic carbocycles. The van der Waals surface area contributed by atoms with Crippen LogP contribution in [0.1, 0.15) is 32.4 Å². The summed E-state index contributed by atoms with van der Waals surface area (Å²) in [5, 5.41) is 31.7. The van der Waals surface area contributed by atoms with Crippen molar-refractivity contribution in [3.63, 3.8) is 0 Å². The highest BCUT2D eigenvalue weighted by Crippen LogP contribution is 2.28. The fourth-order valence-electron chi connectivity index (χ4n) is 1.63. The summed E-state index contributed by atoms with van der Waals surface area (Å²) in [6.07, 6.45) is -0.714. The molecule has 0 aromatic heterocycles. The molecule has 0 aliphatic carbocycles. The molecule has 1 aromatic rings. The molecule has 0 bridgehead atoms. The number of aliphatic hydroxyl groups is 1. The predicted molar refractivity (Wildman–Crippen MR) is 62.5 cm³/mol. The number of aliphatic hydroxyl groups excluding tert-OH is 1. The van der Waals surface area contributed by atoms with Gasteiger partial charge in [0.15, 0.2) is 11.5 Å². The number of phenolic OH excluding ortho intramolecular Hbond substituents is 2. The first-order valence-electron chi connectivity index (χ1n) is 5.37. The first-order chi connectivity index (χ1) is 7.41. The normalized spacial score (nSPS) is 15.1. The summed E-state index contributed by atoms with van der Waals surface area (Å²) in [7, 11) is 0. The Hall–Kier alpha value is -1.26. The van der Waals surface area contributed by atoms with Crippen molar-refractivity contribution in [2.75, 3.05) is 0 Å². The van der Waals surface area contributed by atoms with Gasteiger partial charge >= 0.3 is 0 Å². The van der Waals surface area contributed by atoms with Gasteiger partial charge in [-0.2, -0.15) is 0 Å². The smallest absolute Gasteiger partial charge is 0.157 e. The highest BCUT2D eigenvalue weighted by molar-refractivity contribution is 5.41. The molecule has 0 amide bonds. The standard InChI is InChI=1S/C12H19NO3/c1-7(2)13-8(3)12(16)9-4-5-10(14)11(15)6-9/h4-8,12-16H,1-3H3/t8-,12-/m1/s1. The van der Waals surface area contributed by atoms with Crippen LogP contribution in [0.4, 0.5) is 0 Å². The minimum Gasteiger partial charge on any atom is -0.504 e. The SMILES string of the molecule is CC(C)N[C@H](C)[C@@H](O)c1ccc(O)c(O)c1. The molecule has 0 heterocycles. The second kappa shape index (κ2) is 5.18. The Balaban J connectivity index is 2.79. The molecule has 16 heavy (non-hydrogen) atoms. The van der Waals surface area contributed by atoms with E-state index in [2.05, 4.69) is 5.32 Å². The molecule has 0 aliphatic rings. The molecule has 0 spiro atoms. The van der Waals surface area contributed by atoms with Gasteiger partial charge in [0.25, 0.3) is 0 Å². The highest BCUT2D eigenvalue weighted by Gasteiger charge is 2.17. The molecule has 1 rings (SSSR count). The minimum atomic E-state index is -0.714. The summed E-state index contributed by atoms with van der Waals surface area (Å²) >= 11 is 0. The van der Waals surface area contributed by atoms with Crippen LogP contribution in [0.15, 0.2) is 18.2 Å². The molecule has 4 nitrogen and oxygen atoms in total. The van der Waals surface area contributed by atoms with E-state index in [-0.39, 0.29) is 23.6 Å². The number of benzene rings is 1. The lowest BCUT2D eigenvalue weighted by molar-refractivity contribution is 0.131. The van der Waals surface area contributed by atoms with Crippen LogP contribution in [-0.4, -0.2) is 27.4 Å². The van der Waals surface area contributed by atoms with Crippen LogP contribution in [0.3, 0.4) is 0 Å². The van der Waals surface area contributed by atoms with Gasteiger partial charge in [-0.3, -0.25) is 0 Å². The van der Waals surface area contributed by atoms with Crippen molar-refractivity contribution < 1.29 is 15.3 Å². The number of nitrogens with one attached hydrogen (secondary N) is 1. The van der Waals surface area contributed by atoms with E-state index in [1.807, 2.05) is 20.8 Å². The molecular formula is C12H19NO3. The number of aromatic hydroxyl groups is 2. The third-order valence-electron chi connectivity index (χ3n) is 2.41. The Kier molecular flexibility index (Phi) is 4.15. The second-order valence-electron chi connectivity index (χ2n) is 4.30. The first kappa shape index (κ1) is 12.8. The summed E-state index contributed by atoms with van der Waals surface area (Å²) < 4.78 is 0. The molecule has 90 valence electrons.